The lowest BCUT2D eigenvalue weighted by Crippen LogP contribution is -2.68. The van der Waals surface area contributed by atoms with E-state index in [4.69, 9.17) is 13.9 Å². The zero-order valence-corrected chi connectivity index (χ0v) is 25.9. The highest BCUT2D eigenvalue weighted by Crippen LogP contribution is 2.66. The molecule has 4 aliphatic rings. The molecule has 5 heteroatoms. The van der Waals surface area contributed by atoms with Crippen LogP contribution in [0.25, 0.3) is 0 Å². The number of hydrogen-bond acceptors (Lipinski definition) is 4. The summed E-state index contributed by atoms with van der Waals surface area (Å²) >= 11 is 0. The number of aliphatic hydroxyl groups excluding tert-OH is 1. The van der Waals surface area contributed by atoms with Crippen molar-refractivity contribution in [2.75, 3.05) is 13.2 Å². The van der Waals surface area contributed by atoms with Crippen molar-refractivity contribution >= 4 is 18.7 Å². The lowest BCUT2D eigenvalue weighted by Gasteiger charge is -2.54. The summed E-state index contributed by atoms with van der Waals surface area (Å²) < 4.78 is 19.9. The standard InChI is InChI=1S/C36H44O4Si/c1-34(2,3)41(27-11-7-5-8-12-27,28-13-9-6-10-14-28)40-26-16-18-29-25(23-26)15-17-30-31-19-20-36(38-21-22-39-36)35(31,4)24-32(37)33(29)30/h5-14,16,18,23,30-33,37H,15,17,19-22,24H2,1-4H3/t30?,31?,32-,33?,35?/m1/s1. The van der Waals surface area contributed by atoms with Crippen molar-refractivity contribution in [3.63, 3.8) is 0 Å². The van der Waals surface area contributed by atoms with Gasteiger partial charge in [0.2, 0.25) is 0 Å². The molecule has 1 saturated heterocycles. The third kappa shape index (κ3) is 4.03. The molecule has 3 aromatic rings. The minimum absolute atomic E-state index is 0.0937. The van der Waals surface area contributed by atoms with Crippen LogP contribution in [0.2, 0.25) is 5.04 Å². The third-order valence-electron chi connectivity index (χ3n) is 11.2. The fraction of sp³-hybridized carbons (Fsp3) is 0.500. The van der Waals surface area contributed by atoms with Gasteiger partial charge in [-0.2, -0.15) is 0 Å². The van der Waals surface area contributed by atoms with E-state index in [1.165, 1.54) is 21.5 Å². The number of ether oxygens (including phenoxy) is 2. The fourth-order valence-electron chi connectivity index (χ4n) is 9.41. The molecule has 0 aromatic heterocycles. The summed E-state index contributed by atoms with van der Waals surface area (Å²) in [7, 11) is -2.71. The van der Waals surface area contributed by atoms with Crippen LogP contribution >= 0.6 is 0 Å². The average molecular weight is 569 g/mol. The Hall–Kier alpha value is -2.44. The summed E-state index contributed by atoms with van der Waals surface area (Å²) in [4.78, 5) is 0. The lowest BCUT2D eigenvalue weighted by molar-refractivity contribution is -0.246. The van der Waals surface area contributed by atoms with E-state index in [-0.39, 0.29) is 16.4 Å². The molecule has 0 bridgehead atoms. The number of aryl methyl sites for hydroxylation is 1. The Bertz CT molecular complexity index is 1350. The highest BCUT2D eigenvalue weighted by molar-refractivity contribution is 7.00. The molecule has 1 N–H and O–H groups in total. The van der Waals surface area contributed by atoms with Crippen LogP contribution in [0.15, 0.2) is 78.9 Å². The summed E-state index contributed by atoms with van der Waals surface area (Å²) in [5.41, 5.74) is 2.53. The molecule has 216 valence electrons. The van der Waals surface area contributed by atoms with E-state index in [9.17, 15) is 5.11 Å². The SMILES string of the molecule is CC12C[C@@H](O)C3c4ccc(O[Si](c5ccccc5)(c5ccccc5)C(C)(C)C)cc4CCC3C1CCC21OCCO1. The normalized spacial score (nSPS) is 30.5. The van der Waals surface area contributed by atoms with Crippen molar-refractivity contribution in [1.82, 2.24) is 0 Å². The van der Waals surface area contributed by atoms with E-state index < -0.39 is 20.2 Å². The first-order chi connectivity index (χ1) is 19.7. The van der Waals surface area contributed by atoms with Gasteiger partial charge in [0.05, 0.1) is 19.3 Å². The Morgan fingerprint density at radius 3 is 2.12 bits per heavy atom. The van der Waals surface area contributed by atoms with E-state index in [1.54, 1.807) is 0 Å². The van der Waals surface area contributed by atoms with Gasteiger partial charge in [0, 0.05) is 17.8 Å². The molecule has 41 heavy (non-hydrogen) atoms. The van der Waals surface area contributed by atoms with Gasteiger partial charge in [-0.15, -0.1) is 0 Å². The van der Waals surface area contributed by atoms with Crippen LogP contribution < -0.4 is 14.8 Å². The molecule has 1 spiro atoms. The topological polar surface area (TPSA) is 47.9 Å². The lowest BCUT2D eigenvalue weighted by atomic mass is 9.53. The second-order valence-corrected chi connectivity index (χ2v) is 18.4. The van der Waals surface area contributed by atoms with Crippen LogP contribution in [0.3, 0.4) is 0 Å². The van der Waals surface area contributed by atoms with Crippen LogP contribution in [-0.4, -0.2) is 38.5 Å². The Morgan fingerprint density at radius 2 is 1.51 bits per heavy atom. The molecule has 0 radical (unpaired) electrons. The number of hydrogen-bond donors (Lipinski definition) is 1. The number of aliphatic hydroxyl groups is 1. The Labute approximate surface area is 246 Å². The van der Waals surface area contributed by atoms with Crippen molar-refractivity contribution in [3.8, 4) is 5.75 Å². The van der Waals surface area contributed by atoms with Gasteiger partial charge in [-0.1, -0.05) is 94.4 Å². The van der Waals surface area contributed by atoms with Crippen molar-refractivity contribution in [3.05, 3.63) is 90.0 Å². The minimum Gasteiger partial charge on any atom is -0.534 e. The molecule has 1 heterocycles. The first-order valence-corrected chi connectivity index (χ1v) is 17.5. The monoisotopic (exact) mass is 568 g/mol. The Kier molecular flexibility index (Phi) is 6.55. The maximum Gasteiger partial charge on any atom is 0.319 e. The molecule has 3 aliphatic carbocycles. The first-order valence-electron chi connectivity index (χ1n) is 15.6. The van der Waals surface area contributed by atoms with Crippen LogP contribution in [0, 0.1) is 17.3 Å². The molecule has 3 aromatic carbocycles. The largest absolute Gasteiger partial charge is 0.534 e. The van der Waals surface area contributed by atoms with Gasteiger partial charge in [-0.05, 0) is 76.2 Å². The molecule has 3 fully saturated rings. The average Bonchev–Trinajstić information content (AvgIpc) is 3.57. The summed E-state index contributed by atoms with van der Waals surface area (Å²) in [5.74, 6) is 1.56. The molecule has 4 unspecified atom stereocenters. The van der Waals surface area contributed by atoms with Crippen LogP contribution in [0.5, 0.6) is 5.75 Å². The van der Waals surface area contributed by atoms with E-state index in [0.29, 0.717) is 25.0 Å². The molecular weight excluding hydrogens is 524 g/mol. The second-order valence-electron chi connectivity index (χ2n) is 14.1. The maximum absolute atomic E-state index is 11.7. The van der Waals surface area contributed by atoms with E-state index in [2.05, 4.69) is 107 Å². The molecular formula is C36H44O4Si. The second kappa shape index (κ2) is 9.80. The van der Waals surface area contributed by atoms with Crippen molar-refractivity contribution in [2.45, 2.75) is 82.6 Å². The van der Waals surface area contributed by atoms with E-state index in [0.717, 1.165) is 37.9 Å². The number of rotatable bonds is 4. The zero-order valence-electron chi connectivity index (χ0n) is 24.9. The van der Waals surface area contributed by atoms with Gasteiger partial charge in [-0.3, -0.25) is 0 Å². The van der Waals surface area contributed by atoms with Gasteiger partial charge in [0.15, 0.2) is 5.79 Å². The summed E-state index contributed by atoms with van der Waals surface area (Å²) in [6.45, 7) is 10.6. The molecule has 2 saturated carbocycles. The molecule has 5 atom stereocenters. The zero-order chi connectivity index (χ0) is 28.5. The Morgan fingerprint density at radius 1 is 0.878 bits per heavy atom. The highest BCUT2D eigenvalue weighted by Gasteiger charge is 2.66. The Balaban J connectivity index is 1.25. The smallest absolute Gasteiger partial charge is 0.319 e. The summed E-state index contributed by atoms with van der Waals surface area (Å²) in [6.07, 6.45) is 4.51. The molecule has 4 nitrogen and oxygen atoms in total. The van der Waals surface area contributed by atoms with Crippen molar-refractivity contribution in [2.24, 2.45) is 17.3 Å². The molecule has 7 rings (SSSR count). The molecule has 0 amide bonds. The number of benzene rings is 3. The van der Waals surface area contributed by atoms with Gasteiger partial charge in [0.25, 0.3) is 0 Å². The summed E-state index contributed by atoms with van der Waals surface area (Å²) in [5, 5.41) is 14.2. The van der Waals surface area contributed by atoms with Gasteiger partial charge in [-0.25, -0.2) is 0 Å². The van der Waals surface area contributed by atoms with Crippen LogP contribution in [-0.2, 0) is 15.9 Å². The number of fused-ring (bicyclic) bond motifs is 6. The fourth-order valence-corrected chi connectivity index (χ4v) is 13.8. The van der Waals surface area contributed by atoms with E-state index in [1.807, 2.05) is 0 Å². The predicted molar refractivity (Wildman–Crippen MR) is 165 cm³/mol. The van der Waals surface area contributed by atoms with Crippen LogP contribution in [0.1, 0.15) is 70.4 Å². The van der Waals surface area contributed by atoms with Crippen molar-refractivity contribution < 1.29 is 19.0 Å². The van der Waals surface area contributed by atoms with E-state index >= 15 is 0 Å². The maximum atomic E-state index is 11.7. The highest BCUT2D eigenvalue weighted by atomic mass is 28.4. The minimum atomic E-state index is -2.71. The van der Waals surface area contributed by atoms with Gasteiger partial charge in [0.1, 0.15) is 5.75 Å². The van der Waals surface area contributed by atoms with Crippen LogP contribution in [0.4, 0.5) is 0 Å². The van der Waals surface area contributed by atoms with Crippen molar-refractivity contribution in [1.29, 1.82) is 0 Å². The van der Waals surface area contributed by atoms with Gasteiger partial charge < -0.3 is 19.0 Å². The van der Waals surface area contributed by atoms with Gasteiger partial charge >= 0.3 is 8.32 Å². The first kappa shape index (κ1) is 27.4. The third-order valence-corrected chi connectivity index (χ3v) is 16.1. The quantitative estimate of drug-likeness (QED) is 0.381. The molecule has 1 aliphatic heterocycles. The summed E-state index contributed by atoms with van der Waals surface area (Å²) in [6, 6.07) is 28.4. The predicted octanol–water partition coefficient (Wildman–Crippen LogP) is 6.20.